The monoisotopic (exact) mass is 342 g/mol. The number of ether oxygens (including phenoxy) is 1. The average molecular weight is 342 g/mol. The minimum Gasteiger partial charge on any atom is -0.467 e. The van der Waals surface area contributed by atoms with E-state index in [4.69, 9.17) is 13.7 Å². The molecule has 6 heteroatoms. The number of rotatable bonds is 8. The van der Waals surface area contributed by atoms with Crippen LogP contribution < -0.4 is 5.32 Å². The van der Waals surface area contributed by atoms with Crippen molar-refractivity contribution >= 4 is 16.9 Å². The molecule has 0 unspecified atom stereocenters. The lowest BCUT2D eigenvalue weighted by Crippen LogP contribution is -2.33. The van der Waals surface area contributed by atoms with Gasteiger partial charge in [-0.3, -0.25) is 4.79 Å². The molecule has 0 spiro atoms. The molecule has 0 aliphatic carbocycles. The Balaban J connectivity index is 1.65. The van der Waals surface area contributed by atoms with E-state index in [-0.39, 0.29) is 18.4 Å². The summed E-state index contributed by atoms with van der Waals surface area (Å²) in [5.74, 6) is 0.935. The first-order chi connectivity index (χ1) is 12.1. The van der Waals surface area contributed by atoms with Crippen molar-refractivity contribution in [2.24, 2.45) is 5.92 Å². The predicted molar refractivity (Wildman–Crippen MR) is 93.0 cm³/mol. The second-order valence-corrected chi connectivity index (χ2v) is 6.37. The van der Waals surface area contributed by atoms with Crippen LogP contribution in [0, 0.1) is 5.92 Å². The minimum absolute atomic E-state index is 0.137. The van der Waals surface area contributed by atoms with Crippen LogP contribution in [0.2, 0.25) is 0 Å². The molecule has 1 amide bonds. The van der Waals surface area contributed by atoms with Crippen LogP contribution in [0.3, 0.4) is 0 Å². The Kier molecular flexibility index (Phi) is 5.50. The highest BCUT2D eigenvalue weighted by molar-refractivity contribution is 5.86. The van der Waals surface area contributed by atoms with Gasteiger partial charge >= 0.3 is 0 Å². The lowest BCUT2D eigenvalue weighted by Gasteiger charge is -2.17. The summed E-state index contributed by atoms with van der Waals surface area (Å²) in [5.41, 5.74) is 1.29. The van der Waals surface area contributed by atoms with Gasteiger partial charge in [0.25, 0.3) is 0 Å². The second kappa shape index (κ2) is 7.98. The Morgan fingerprint density at radius 3 is 2.80 bits per heavy atom. The summed E-state index contributed by atoms with van der Waals surface area (Å²) in [6.45, 7) is 5.14. The molecule has 0 bridgehead atoms. The van der Waals surface area contributed by atoms with Crippen LogP contribution in [0.1, 0.15) is 31.3 Å². The van der Waals surface area contributed by atoms with E-state index in [0.717, 1.165) is 5.39 Å². The van der Waals surface area contributed by atoms with Crippen molar-refractivity contribution in [1.82, 2.24) is 10.5 Å². The lowest BCUT2D eigenvalue weighted by molar-refractivity contribution is -0.122. The maximum Gasteiger partial charge on any atom is 0.226 e. The molecule has 2 heterocycles. The van der Waals surface area contributed by atoms with Gasteiger partial charge in [0, 0.05) is 12.0 Å². The van der Waals surface area contributed by atoms with Crippen LogP contribution in [-0.2, 0) is 16.0 Å². The molecule has 1 atom stereocenters. The van der Waals surface area contributed by atoms with E-state index in [1.165, 1.54) is 0 Å². The van der Waals surface area contributed by atoms with Gasteiger partial charge in [0.05, 0.1) is 19.3 Å². The number of nitrogens with one attached hydrogen (secondary N) is 1. The zero-order valence-corrected chi connectivity index (χ0v) is 14.4. The van der Waals surface area contributed by atoms with Gasteiger partial charge in [-0.2, -0.15) is 0 Å². The van der Waals surface area contributed by atoms with Gasteiger partial charge in [0.2, 0.25) is 5.91 Å². The van der Waals surface area contributed by atoms with Crippen molar-refractivity contribution in [3.05, 3.63) is 54.1 Å². The zero-order valence-electron chi connectivity index (χ0n) is 14.4. The highest BCUT2D eigenvalue weighted by Crippen LogP contribution is 2.19. The molecule has 0 radical (unpaired) electrons. The van der Waals surface area contributed by atoms with Crippen LogP contribution in [0.15, 0.2) is 51.6 Å². The van der Waals surface area contributed by atoms with E-state index < -0.39 is 0 Å². The molecule has 2 aromatic heterocycles. The number of furan rings is 1. The molecule has 1 aromatic carbocycles. The highest BCUT2D eigenvalue weighted by atomic mass is 16.5. The molecule has 0 aliphatic rings. The molecular formula is C19H22N2O4. The molecule has 0 fully saturated rings. The van der Waals surface area contributed by atoms with Gasteiger partial charge in [-0.25, -0.2) is 0 Å². The second-order valence-electron chi connectivity index (χ2n) is 6.37. The molecule has 0 saturated carbocycles. The van der Waals surface area contributed by atoms with E-state index in [2.05, 4.69) is 24.3 Å². The van der Waals surface area contributed by atoms with E-state index in [1.54, 1.807) is 12.3 Å². The third-order valence-electron chi connectivity index (χ3n) is 3.74. The van der Waals surface area contributed by atoms with Gasteiger partial charge in [-0.1, -0.05) is 31.1 Å². The molecule has 6 nitrogen and oxygen atoms in total. The zero-order chi connectivity index (χ0) is 17.6. The van der Waals surface area contributed by atoms with Crippen molar-refractivity contribution < 1.29 is 18.5 Å². The number of aromatic nitrogens is 1. The summed E-state index contributed by atoms with van der Waals surface area (Å²) in [7, 11) is 0. The molecule has 1 N–H and O–H groups in total. The third-order valence-corrected chi connectivity index (χ3v) is 3.74. The summed E-state index contributed by atoms with van der Waals surface area (Å²) in [5, 5.41) is 7.81. The van der Waals surface area contributed by atoms with Crippen molar-refractivity contribution in [3.63, 3.8) is 0 Å². The SMILES string of the molecule is CC(C)COC[C@H](NC(=O)Cc1noc2ccccc12)c1ccco1. The molecule has 0 saturated heterocycles. The van der Waals surface area contributed by atoms with Gasteiger partial charge in [0.1, 0.15) is 17.5 Å². The normalized spacial score (nSPS) is 12.6. The van der Waals surface area contributed by atoms with Crippen molar-refractivity contribution in [1.29, 1.82) is 0 Å². The largest absolute Gasteiger partial charge is 0.467 e. The Hall–Kier alpha value is -2.60. The number of hydrogen-bond acceptors (Lipinski definition) is 5. The highest BCUT2D eigenvalue weighted by Gasteiger charge is 2.19. The topological polar surface area (TPSA) is 77.5 Å². The molecule has 3 aromatic rings. The Labute approximate surface area is 146 Å². The van der Waals surface area contributed by atoms with Crippen molar-refractivity contribution in [2.75, 3.05) is 13.2 Å². The van der Waals surface area contributed by atoms with E-state index in [9.17, 15) is 4.79 Å². The van der Waals surface area contributed by atoms with Crippen molar-refractivity contribution in [2.45, 2.75) is 26.3 Å². The van der Waals surface area contributed by atoms with Gasteiger partial charge in [0.15, 0.2) is 5.58 Å². The number of hydrogen-bond donors (Lipinski definition) is 1. The van der Waals surface area contributed by atoms with E-state index in [0.29, 0.717) is 36.2 Å². The number of carbonyl (C=O) groups excluding carboxylic acids is 1. The number of benzene rings is 1. The van der Waals surface area contributed by atoms with Gasteiger partial charge in [-0.15, -0.1) is 0 Å². The van der Waals surface area contributed by atoms with Crippen LogP contribution in [0.5, 0.6) is 0 Å². The molecule has 0 aliphatic heterocycles. The molecule has 25 heavy (non-hydrogen) atoms. The first-order valence-electron chi connectivity index (χ1n) is 8.37. The van der Waals surface area contributed by atoms with Gasteiger partial charge in [-0.05, 0) is 30.2 Å². The summed E-state index contributed by atoms with van der Waals surface area (Å²) in [6.07, 6.45) is 1.72. The fourth-order valence-corrected chi connectivity index (χ4v) is 2.57. The van der Waals surface area contributed by atoms with Crippen LogP contribution >= 0.6 is 0 Å². The number of amides is 1. The van der Waals surface area contributed by atoms with Crippen LogP contribution in [0.4, 0.5) is 0 Å². The minimum atomic E-state index is -0.334. The fraction of sp³-hybridized carbons (Fsp3) is 0.368. The lowest BCUT2D eigenvalue weighted by atomic mass is 10.1. The Morgan fingerprint density at radius 1 is 1.20 bits per heavy atom. The quantitative estimate of drug-likeness (QED) is 0.678. The maximum absolute atomic E-state index is 12.5. The molecular weight excluding hydrogens is 320 g/mol. The Bertz CT molecular complexity index is 808. The number of carbonyl (C=O) groups is 1. The smallest absolute Gasteiger partial charge is 0.226 e. The van der Waals surface area contributed by atoms with Gasteiger partial charge < -0.3 is 19.0 Å². The number of para-hydroxylation sites is 1. The predicted octanol–water partition coefficient (Wildman–Crippen LogP) is 3.49. The average Bonchev–Trinajstić information content (AvgIpc) is 3.24. The van der Waals surface area contributed by atoms with Crippen LogP contribution in [0.25, 0.3) is 11.0 Å². The molecule has 3 rings (SSSR count). The van der Waals surface area contributed by atoms with Crippen LogP contribution in [-0.4, -0.2) is 24.3 Å². The summed E-state index contributed by atoms with van der Waals surface area (Å²) < 4.78 is 16.4. The van der Waals surface area contributed by atoms with Crippen molar-refractivity contribution in [3.8, 4) is 0 Å². The first kappa shape index (κ1) is 17.2. The number of fused-ring (bicyclic) bond motifs is 1. The third kappa shape index (κ3) is 4.48. The molecule has 132 valence electrons. The summed E-state index contributed by atoms with van der Waals surface area (Å²) in [4.78, 5) is 12.5. The Morgan fingerprint density at radius 2 is 2.04 bits per heavy atom. The standard InChI is InChI=1S/C19H22N2O4/c1-13(2)11-23-12-16(18-8-5-9-24-18)20-19(22)10-15-14-6-3-4-7-17(14)25-21-15/h3-9,13,16H,10-12H2,1-2H3,(H,20,22)/t16-/m0/s1. The van der Waals surface area contributed by atoms with E-state index in [1.807, 2.05) is 30.3 Å². The first-order valence-corrected chi connectivity index (χ1v) is 8.37. The number of nitrogens with zero attached hydrogens (tertiary/aromatic N) is 1. The summed E-state index contributed by atoms with van der Waals surface area (Å²) >= 11 is 0. The van der Waals surface area contributed by atoms with E-state index >= 15 is 0 Å². The maximum atomic E-state index is 12.5. The summed E-state index contributed by atoms with van der Waals surface area (Å²) in [6, 6.07) is 10.8. The fourth-order valence-electron chi connectivity index (χ4n) is 2.57.